The highest BCUT2D eigenvalue weighted by Gasteiger charge is 2.04. The molecule has 0 N–H and O–H groups in total. The monoisotopic (exact) mass is 313 g/mol. The summed E-state index contributed by atoms with van der Waals surface area (Å²) in [6.07, 6.45) is 2.35. The minimum Gasteiger partial charge on any atom is -0.469 e. The van der Waals surface area contributed by atoms with Crippen LogP contribution in [0.15, 0.2) is 28.7 Å². The van der Waals surface area contributed by atoms with Gasteiger partial charge < -0.3 is 9.64 Å². The number of benzene rings is 1. The molecule has 1 rings (SSSR count). The van der Waals surface area contributed by atoms with Gasteiger partial charge in [-0.05, 0) is 38.1 Å². The predicted molar refractivity (Wildman–Crippen MR) is 76.6 cm³/mol. The summed E-state index contributed by atoms with van der Waals surface area (Å²) >= 11 is 3.55. The summed E-state index contributed by atoms with van der Waals surface area (Å²) < 4.78 is 5.77. The van der Waals surface area contributed by atoms with E-state index < -0.39 is 0 Å². The summed E-state index contributed by atoms with van der Waals surface area (Å²) in [5.74, 6) is -0.130. The van der Waals surface area contributed by atoms with Crippen LogP contribution in [0.4, 0.5) is 0 Å². The third-order valence-electron chi connectivity index (χ3n) is 2.87. The standard InChI is InChI=1S/C14H20BrNO2/c1-16(10-5-8-14(17)18-2)11-9-12-6-3-4-7-13(12)15/h3-4,6-7H,5,8-11H2,1-2H3. The van der Waals surface area contributed by atoms with Crippen LogP contribution >= 0.6 is 15.9 Å². The van der Waals surface area contributed by atoms with E-state index in [9.17, 15) is 4.79 Å². The molecule has 100 valence electrons. The third-order valence-corrected chi connectivity index (χ3v) is 3.64. The van der Waals surface area contributed by atoms with Crippen LogP contribution in [0.1, 0.15) is 18.4 Å². The van der Waals surface area contributed by atoms with E-state index in [0.717, 1.165) is 30.4 Å². The number of likely N-dealkylation sites (N-methyl/N-ethyl adjacent to an activating group) is 1. The second-order valence-corrected chi connectivity index (χ2v) is 5.18. The molecule has 0 aliphatic rings. The zero-order chi connectivity index (χ0) is 13.4. The maximum atomic E-state index is 11.0. The highest BCUT2D eigenvalue weighted by molar-refractivity contribution is 9.10. The van der Waals surface area contributed by atoms with Gasteiger partial charge in [0.2, 0.25) is 0 Å². The third kappa shape index (κ3) is 5.65. The summed E-state index contributed by atoms with van der Waals surface area (Å²) in [6, 6.07) is 8.27. The Morgan fingerprint density at radius 3 is 2.72 bits per heavy atom. The average molecular weight is 314 g/mol. The van der Waals surface area contributed by atoms with E-state index in [1.165, 1.54) is 12.7 Å². The molecule has 0 bridgehead atoms. The average Bonchev–Trinajstić information content (AvgIpc) is 2.37. The Kier molecular flexibility index (Phi) is 6.98. The summed E-state index contributed by atoms with van der Waals surface area (Å²) in [7, 11) is 3.51. The van der Waals surface area contributed by atoms with E-state index in [-0.39, 0.29) is 5.97 Å². The second kappa shape index (κ2) is 8.27. The number of ether oxygens (including phenoxy) is 1. The lowest BCUT2D eigenvalue weighted by Crippen LogP contribution is -2.23. The molecule has 0 fully saturated rings. The first-order valence-electron chi connectivity index (χ1n) is 6.12. The summed E-state index contributed by atoms with van der Waals surface area (Å²) in [4.78, 5) is 13.2. The van der Waals surface area contributed by atoms with Gasteiger partial charge in [-0.3, -0.25) is 4.79 Å². The number of carbonyl (C=O) groups is 1. The van der Waals surface area contributed by atoms with Crippen molar-refractivity contribution in [2.75, 3.05) is 27.2 Å². The van der Waals surface area contributed by atoms with E-state index >= 15 is 0 Å². The zero-order valence-corrected chi connectivity index (χ0v) is 12.6. The number of nitrogens with zero attached hydrogens (tertiary/aromatic N) is 1. The van der Waals surface area contributed by atoms with Gasteiger partial charge in [0.25, 0.3) is 0 Å². The number of rotatable bonds is 7. The predicted octanol–water partition coefficient (Wildman–Crippen LogP) is 2.88. The van der Waals surface area contributed by atoms with Crippen LogP contribution in [-0.2, 0) is 16.0 Å². The first kappa shape index (κ1) is 15.2. The maximum Gasteiger partial charge on any atom is 0.305 e. The molecule has 0 atom stereocenters. The molecular weight excluding hydrogens is 294 g/mol. The van der Waals surface area contributed by atoms with Crippen molar-refractivity contribution in [2.45, 2.75) is 19.3 Å². The van der Waals surface area contributed by atoms with Gasteiger partial charge in [0.05, 0.1) is 7.11 Å². The fourth-order valence-corrected chi connectivity index (χ4v) is 2.20. The fourth-order valence-electron chi connectivity index (χ4n) is 1.72. The Balaban J connectivity index is 2.23. The molecule has 0 radical (unpaired) electrons. The Labute approximate surface area is 117 Å². The molecule has 0 saturated heterocycles. The molecule has 0 amide bonds. The van der Waals surface area contributed by atoms with Gasteiger partial charge in [0.15, 0.2) is 0 Å². The largest absolute Gasteiger partial charge is 0.469 e. The molecule has 0 aliphatic carbocycles. The van der Waals surface area contributed by atoms with Gasteiger partial charge in [0.1, 0.15) is 0 Å². The topological polar surface area (TPSA) is 29.5 Å². The second-order valence-electron chi connectivity index (χ2n) is 4.32. The first-order valence-corrected chi connectivity index (χ1v) is 6.91. The van der Waals surface area contributed by atoms with Gasteiger partial charge in [-0.25, -0.2) is 0 Å². The van der Waals surface area contributed by atoms with Crippen molar-refractivity contribution < 1.29 is 9.53 Å². The number of methoxy groups -OCH3 is 1. The SMILES string of the molecule is COC(=O)CCCN(C)CCc1ccccc1Br. The van der Waals surface area contributed by atoms with E-state index in [0.29, 0.717) is 6.42 Å². The molecular formula is C14H20BrNO2. The number of esters is 1. The summed E-state index contributed by atoms with van der Waals surface area (Å²) in [5, 5.41) is 0. The van der Waals surface area contributed by atoms with Crippen LogP contribution in [0, 0.1) is 0 Å². The number of hydrogen-bond donors (Lipinski definition) is 0. The van der Waals surface area contributed by atoms with Crippen molar-refractivity contribution in [2.24, 2.45) is 0 Å². The van der Waals surface area contributed by atoms with Crippen molar-refractivity contribution in [3.05, 3.63) is 34.3 Å². The van der Waals surface area contributed by atoms with Crippen LogP contribution < -0.4 is 0 Å². The van der Waals surface area contributed by atoms with Crippen LogP contribution in [0.2, 0.25) is 0 Å². The molecule has 1 aromatic rings. The van der Waals surface area contributed by atoms with Crippen LogP contribution in [0.25, 0.3) is 0 Å². The Bertz CT molecular complexity index is 382. The van der Waals surface area contributed by atoms with Crippen LogP contribution in [0.5, 0.6) is 0 Å². The molecule has 0 saturated carbocycles. The van der Waals surface area contributed by atoms with Crippen molar-refractivity contribution in [1.82, 2.24) is 4.90 Å². The molecule has 0 heterocycles. The number of carbonyl (C=O) groups excluding carboxylic acids is 1. The molecule has 4 heteroatoms. The lowest BCUT2D eigenvalue weighted by atomic mass is 10.1. The molecule has 0 aliphatic heterocycles. The van der Waals surface area contributed by atoms with Gasteiger partial charge in [-0.2, -0.15) is 0 Å². The molecule has 18 heavy (non-hydrogen) atoms. The highest BCUT2D eigenvalue weighted by atomic mass is 79.9. The van der Waals surface area contributed by atoms with Crippen molar-refractivity contribution >= 4 is 21.9 Å². The molecule has 0 spiro atoms. The zero-order valence-electron chi connectivity index (χ0n) is 11.0. The van der Waals surface area contributed by atoms with Crippen LogP contribution in [-0.4, -0.2) is 38.1 Å². The van der Waals surface area contributed by atoms with Crippen LogP contribution in [0.3, 0.4) is 0 Å². The van der Waals surface area contributed by atoms with Crippen molar-refractivity contribution in [3.63, 3.8) is 0 Å². The number of hydrogen-bond acceptors (Lipinski definition) is 3. The van der Waals surface area contributed by atoms with E-state index in [2.05, 4.69) is 50.8 Å². The van der Waals surface area contributed by atoms with Gasteiger partial charge in [-0.15, -0.1) is 0 Å². The van der Waals surface area contributed by atoms with Crippen molar-refractivity contribution in [3.8, 4) is 0 Å². The highest BCUT2D eigenvalue weighted by Crippen LogP contribution is 2.16. The lowest BCUT2D eigenvalue weighted by Gasteiger charge is -2.16. The Hall–Kier alpha value is -0.870. The molecule has 3 nitrogen and oxygen atoms in total. The maximum absolute atomic E-state index is 11.0. The first-order chi connectivity index (χ1) is 8.63. The van der Waals surface area contributed by atoms with E-state index in [1.807, 2.05) is 6.07 Å². The minimum absolute atomic E-state index is 0.130. The van der Waals surface area contributed by atoms with E-state index in [4.69, 9.17) is 0 Å². The Morgan fingerprint density at radius 1 is 1.33 bits per heavy atom. The minimum atomic E-state index is -0.130. The normalized spacial score (nSPS) is 10.7. The van der Waals surface area contributed by atoms with Gasteiger partial charge in [0, 0.05) is 17.4 Å². The molecule has 1 aromatic carbocycles. The molecule has 0 aromatic heterocycles. The van der Waals surface area contributed by atoms with Gasteiger partial charge >= 0.3 is 5.97 Å². The lowest BCUT2D eigenvalue weighted by molar-refractivity contribution is -0.140. The number of halogens is 1. The summed E-state index contributed by atoms with van der Waals surface area (Å²) in [5.41, 5.74) is 1.32. The smallest absolute Gasteiger partial charge is 0.305 e. The van der Waals surface area contributed by atoms with E-state index in [1.54, 1.807) is 0 Å². The van der Waals surface area contributed by atoms with Crippen molar-refractivity contribution in [1.29, 1.82) is 0 Å². The quantitative estimate of drug-likeness (QED) is 0.725. The van der Waals surface area contributed by atoms with Gasteiger partial charge in [-0.1, -0.05) is 34.1 Å². The molecule has 0 unspecified atom stereocenters. The fraction of sp³-hybridized carbons (Fsp3) is 0.500. The Morgan fingerprint density at radius 2 is 2.06 bits per heavy atom. The summed E-state index contributed by atoms with van der Waals surface area (Å²) in [6.45, 7) is 1.91.